The van der Waals surface area contributed by atoms with Crippen molar-refractivity contribution in [2.75, 3.05) is 37.8 Å². The third-order valence-corrected chi connectivity index (χ3v) is 6.60. The van der Waals surface area contributed by atoms with Gasteiger partial charge in [-0.3, -0.25) is 0 Å². The predicted molar refractivity (Wildman–Crippen MR) is 101 cm³/mol. The van der Waals surface area contributed by atoms with Crippen LogP contribution in [0.3, 0.4) is 0 Å². The number of nitrogens with two attached hydrogens (primary N) is 1. The van der Waals surface area contributed by atoms with Gasteiger partial charge in [-0.25, -0.2) is 22.7 Å². The lowest BCUT2D eigenvalue weighted by Crippen LogP contribution is -2.27. The highest BCUT2D eigenvalue weighted by Gasteiger charge is 2.27. The van der Waals surface area contributed by atoms with Crippen LogP contribution in [0, 0.1) is 6.92 Å². The standard InChI is InChI=1S/C17H27N5O3S/c1-3-15-20-16-14(12-13(2)19-17(16)18)22(15)8-10-25-9-4-6-21-7-5-11-26(21,23)24/h12H,3-11H2,1-2H3,(H2,18,19). The summed E-state index contributed by atoms with van der Waals surface area (Å²) in [6.07, 6.45) is 2.24. The van der Waals surface area contributed by atoms with Gasteiger partial charge in [0.15, 0.2) is 5.82 Å². The van der Waals surface area contributed by atoms with E-state index in [2.05, 4.69) is 21.5 Å². The first-order valence-electron chi connectivity index (χ1n) is 9.10. The number of nitrogen functional groups attached to an aromatic ring is 1. The lowest BCUT2D eigenvalue weighted by atomic mass is 10.3. The van der Waals surface area contributed by atoms with Crippen LogP contribution in [0.15, 0.2) is 6.07 Å². The summed E-state index contributed by atoms with van der Waals surface area (Å²) in [4.78, 5) is 8.88. The second kappa shape index (κ2) is 7.89. The molecular formula is C17H27N5O3S. The fourth-order valence-corrected chi connectivity index (χ4v) is 4.95. The number of aryl methyl sites for hydroxylation is 2. The highest BCUT2D eigenvalue weighted by molar-refractivity contribution is 7.89. The molecule has 0 aliphatic carbocycles. The van der Waals surface area contributed by atoms with Gasteiger partial charge in [0, 0.05) is 38.4 Å². The van der Waals surface area contributed by atoms with Crippen LogP contribution >= 0.6 is 0 Å². The summed E-state index contributed by atoms with van der Waals surface area (Å²) >= 11 is 0. The van der Waals surface area contributed by atoms with Crippen molar-refractivity contribution in [2.24, 2.45) is 0 Å². The van der Waals surface area contributed by atoms with Gasteiger partial charge >= 0.3 is 0 Å². The van der Waals surface area contributed by atoms with Gasteiger partial charge in [-0.05, 0) is 25.8 Å². The van der Waals surface area contributed by atoms with E-state index in [1.807, 2.05) is 13.0 Å². The third kappa shape index (κ3) is 3.99. The summed E-state index contributed by atoms with van der Waals surface area (Å²) in [5.74, 6) is 1.70. The number of anilines is 1. The Balaban J connectivity index is 1.53. The van der Waals surface area contributed by atoms with E-state index in [4.69, 9.17) is 10.5 Å². The van der Waals surface area contributed by atoms with Crippen LogP contribution in [0.4, 0.5) is 5.82 Å². The first-order chi connectivity index (χ1) is 12.4. The van der Waals surface area contributed by atoms with E-state index in [0.717, 1.165) is 35.4 Å². The fourth-order valence-electron chi connectivity index (χ4n) is 3.38. The Morgan fingerprint density at radius 2 is 2.08 bits per heavy atom. The molecule has 0 atom stereocenters. The van der Waals surface area contributed by atoms with Crippen molar-refractivity contribution >= 4 is 26.9 Å². The Morgan fingerprint density at radius 1 is 1.27 bits per heavy atom. The van der Waals surface area contributed by atoms with E-state index in [9.17, 15) is 8.42 Å². The Bertz CT molecular complexity index is 878. The lowest BCUT2D eigenvalue weighted by Gasteiger charge is -2.14. The topological polar surface area (TPSA) is 103 Å². The maximum Gasteiger partial charge on any atom is 0.214 e. The minimum absolute atomic E-state index is 0.277. The van der Waals surface area contributed by atoms with Crippen LogP contribution < -0.4 is 5.73 Å². The molecule has 2 N–H and O–H groups in total. The second-order valence-corrected chi connectivity index (χ2v) is 8.67. The molecule has 2 aromatic heterocycles. The van der Waals surface area contributed by atoms with Crippen LogP contribution in [0.25, 0.3) is 11.0 Å². The van der Waals surface area contributed by atoms with Crippen molar-refractivity contribution in [2.45, 2.75) is 39.7 Å². The summed E-state index contributed by atoms with van der Waals surface area (Å²) in [7, 11) is -3.01. The van der Waals surface area contributed by atoms with E-state index >= 15 is 0 Å². The van der Waals surface area contributed by atoms with Crippen molar-refractivity contribution in [3.05, 3.63) is 17.6 Å². The van der Waals surface area contributed by atoms with Gasteiger partial charge < -0.3 is 15.0 Å². The zero-order valence-corrected chi connectivity index (χ0v) is 16.3. The third-order valence-electron chi connectivity index (χ3n) is 4.65. The van der Waals surface area contributed by atoms with Gasteiger partial charge in [0.1, 0.15) is 11.3 Å². The zero-order chi connectivity index (χ0) is 18.7. The Labute approximate surface area is 154 Å². The zero-order valence-electron chi connectivity index (χ0n) is 15.4. The molecule has 0 amide bonds. The first-order valence-corrected chi connectivity index (χ1v) is 10.7. The molecule has 3 rings (SSSR count). The molecule has 26 heavy (non-hydrogen) atoms. The molecule has 1 aliphatic heterocycles. The summed E-state index contributed by atoms with van der Waals surface area (Å²) in [5, 5.41) is 0. The van der Waals surface area contributed by atoms with Crippen molar-refractivity contribution < 1.29 is 13.2 Å². The maximum absolute atomic E-state index is 11.7. The number of hydrogen-bond acceptors (Lipinski definition) is 6. The fraction of sp³-hybridized carbons (Fsp3) is 0.647. The molecule has 8 nitrogen and oxygen atoms in total. The van der Waals surface area contributed by atoms with Crippen LogP contribution in [0.5, 0.6) is 0 Å². The van der Waals surface area contributed by atoms with Gasteiger partial charge in [0.2, 0.25) is 10.0 Å². The molecule has 144 valence electrons. The molecule has 1 saturated heterocycles. The average molecular weight is 382 g/mol. The monoisotopic (exact) mass is 381 g/mol. The molecule has 0 aromatic carbocycles. The maximum atomic E-state index is 11.7. The van der Waals surface area contributed by atoms with Crippen LogP contribution in [0.1, 0.15) is 31.3 Å². The number of aromatic nitrogens is 3. The Kier molecular flexibility index (Phi) is 5.79. The molecule has 9 heteroatoms. The summed E-state index contributed by atoms with van der Waals surface area (Å²) in [6.45, 7) is 6.93. The van der Waals surface area contributed by atoms with Gasteiger partial charge in [0.05, 0.1) is 17.9 Å². The van der Waals surface area contributed by atoms with Crippen molar-refractivity contribution in [3.8, 4) is 0 Å². The molecule has 1 fully saturated rings. The highest BCUT2D eigenvalue weighted by atomic mass is 32.2. The minimum Gasteiger partial charge on any atom is -0.382 e. The normalized spacial score (nSPS) is 17.3. The molecule has 2 aromatic rings. The SMILES string of the molecule is CCc1nc2c(N)nc(C)cc2n1CCOCCCN1CCCS1(=O)=O. The molecule has 0 spiro atoms. The highest BCUT2D eigenvalue weighted by Crippen LogP contribution is 2.22. The smallest absolute Gasteiger partial charge is 0.214 e. The number of hydrogen-bond donors (Lipinski definition) is 1. The second-order valence-electron chi connectivity index (χ2n) is 6.58. The van der Waals surface area contributed by atoms with E-state index in [-0.39, 0.29) is 5.75 Å². The van der Waals surface area contributed by atoms with Gasteiger partial charge in [0.25, 0.3) is 0 Å². The van der Waals surface area contributed by atoms with E-state index in [0.29, 0.717) is 45.1 Å². The lowest BCUT2D eigenvalue weighted by molar-refractivity contribution is 0.121. The van der Waals surface area contributed by atoms with Crippen molar-refractivity contribution in [1.82, 2.24) is 18.8 Å². The minimum atomic E-state index is -3.01. The predicted octanol–water partition coefficient (Wildman–Crippen LogP) is 1.33. The molecule has 0 unspecified atom stereocenters. The summed E-state index contributed by atoms with van der Waals surface area (Å²) in [5.41, 5.74) is 8.59. The van der Waals surface area contributed by atoms with Crippen LogP contribution in [-0.2, 0) is 27.7 Å². The largest absolute Gasteiger partial charge is 0.382 e. The number of imidazole rings is 1. The molecule has 0 bridgehead atoms. The Hall–Kier alpha value is -1.71. The number of sulfonamides is 1. The van der Waals surface area contributed by atoms with Gasteiger partial charge in [-0.15, -0.1) is 0 Å². The first kappa shape index (κ1) is 19.1. The van der Waals surface area contributed by atoms with Gasteiger partial charge in [-0.2, -0.15) is 0 Å². The number of nitrogens with zero attached hydrogens (tertiary/aromatic N) is 4. The number of pyridine rings is 1. The summed E-state index contributed by atoms with van der Waals surface area (Å²) in [6, 6.07) is 2.00. The van der Waals surface area contributed by atoms with Crippen LogP contribution in [-0.4, -0.2) is 59.3 Å². The molecule has 0 radical (unpaired) electrons. The molecule has 3 heterocycles. The Morgan fingerprint density at radius 3 is 2.77 bits per heavy atom. The number of rotatable bonds is 8. The van der Waals surface area contributed by atoms with E-state index in [1.165, 1.54) is 0 Å². The number of ether oxygens (including phenoxy) is 1. The molecular weight excluding hydrogens is 354 g/mol. The van der Waals surface area contributed by atoms with Crippen molar-refractivity contribution in [1.29, 1.82) is 0 Å². The number of fused-ring (bicyclic) bond motifs is 1. The van der Waals surface area contributed by atoms with E-state index < -0.39 is 10.0 Å². The van der Waals surface area contributed by atoms with Crippen molar-refractivity contribution in [3.63, 3.8) is 0 Å². The quantitative estimate of drug-likeness (QED) is 0.692. The van der Waals surface area contributed by atoms with Gasteiger partial charge in [-0.1, -0.05) is 6.92 Å². The average Bonchev–Trinajstić information content (AvgIpc) is 3.10. The van der Waals surface area contributed by atoms with E-state index in [1.54, 1.807) is 4.31 Å². The van der Waals surface area contributed by atoms with Crippen LogP contribution in [0.2, 0.25) is 0 Å². The molecule has 1 aliphatic rings. The summed E-state index contributed by atoms with van der Waals surface area (Å²) < 4.78 is 32.9. The molecule has 0 saturated carbocycles.